The summed E-state index contributed by atoms with van der Waals surface area (Å²) in [6.45, 7) is 4.20. The number of esters is 1. The zero-order valence-electron chi connectivity index (χ0n) is 16.0. The summed E-state index contributed by atoms with van der Waals surface area (Å²) in [6, 6.07) is 15.7. The zero-order chi connectivity index (χ0) is 20.6. The van der Waals surface area contributed by atoms with Crippen molar-refractivity contribution in [3.05, 3.63) is 81.5 Å². The van der Waals surface area contributed by atoms with E-state index in [-0.39, 0.29) is 5.91 Å². The normalized spacial score (nSPS) is 10.7. The Labute approximate surface area is 172 Å². The van der Waals surface area contributed by atoms with Gasteiger partial charge in [-0.3, -0.25) is 4.79 Å². The molecule has 0 aliphatic carbocycles. The third-order valence-corrected chi connectivity index (χ3v) is 4.75. The predicted octanol–water partition coefficient (Wildman–Crippen LogP) is 4.44. The number of hydrogen-bond donors (Lipinski definition) is 1. The van der Waals surface area contributed by atoms with Gasteiger partial charge in [0.25, 0.3) is 5.91 Å². The van der Waals surface area contributed by atoms with Gasteiger partial charge in [-0.05, 0) is 61.2 Å². The third kappa shape index (κ3) is 5.52. The van der Waals surface area contributed by atoms with E-state index >= 15 is 0 Å². The Morgan fingerprint density at radius 2 is 1.90 bits per heavy atom. The maximum absolute atomic E-state index is 12.4. The first-order valence-corrected chi connectivity index (χ1v) is 9.87. The monoisotopic (exact) mass is 408 g/mol. The van der Waals surface area contributed by atoms with E-state index < -0.39 is 5.97 Å². The van der Waals surface area contributed by atoms with Crippen LogP contribution in [-0.4, -0.2) is 24.7 Å². The van der Waals surface area contributed by atoms with Crippen molar-refractivity contribution >= 4 is 29.4 Å². The second-order valence-corrected chi connectivity index (χ2v) is 7.02. The molecule has 1 N–H and O–H groups in total. The molecular formula is C22H20N2O4S. The summed E-state index contributed by atoms with van der Waals surface area (Å²) in [5.74, 6) is -0.000739. The lowest BCUT2D eigenvalue weighted by atomic mass is 10.1. The molecule has 7 heteroatoms. The van der Waals surface area contributed by atoms with E-state index in [0.717, 1.165) is 5.56 Å². The molecule has 2 aromatic carbocycles. The average molecular weight is 408 g/mol. The van der Waals surface area contributed by atoms with Gasteiger partial charge in [0.15, 0.2) is 11.5 Å². The molecular weight excluding hydrogens is 388 g/mol. The number of carbonyl (C=O) groups is 2. The first-order chi connectivity index (χ1) is 14.1. The van der Waals surface area contributed by atoms with Crippen molar-refractivity contribution in [1.82, 2.24) is 5.43 Å². The molecule has 0 aliphatic heterocycles. The average Bonchev–Trinajstić information content (AvgIpc) is 3.25. The van der Waals surface area contributed by atoms with Gasteiger partial charge in [0.2, 0.25) is 0 Å². The minimum atomic E-state index is -0.462. The Kier molecular flexibility index (Phi) is 6.76. The van der Waals surface area contributed by atoms with E-state index in [1.165, 1.54) is 17.6 Å². The van der Waals surface area contributed by atoms with Crippen LogP contribution in [0.25, 0.3) is 0 Å². The Morgan fingerprint density at radius 3 is 2.59 bits per heavy atom. The second-order valence-electron chi connectivity index (χ2n) is 6.07. The number of ether oxygens (including phenoxy) is 2. The standard InChI is InChI=1S/C22H20N2O4S/c1-3-27-19-13-16(14-23-24-21(25)20-5-4-12-29-20)8-11-18(19)28-22(26)17-9-6-15(2)7-10-17/h4-14H,3H2,1-2H3,(H,24,25)/b23-14-. The van der Waals surface area contributed by atoms with E-state index in [1.54, 1.807) is 42.5 Å². The van der Waals surface area contributed by atoms with Gasteiger partial charge in [0, 0.05) is 0 Å². The van der Waals surface area contributed by atoms with Crippen LogP contribution in [0.4, 0.5) is 0 Å². The molecule has 3 rings (SSSR count). The van der Waals surface area contributed by atoms with Crippen LogP contribution in [0.5, 0.6) is 11.5 Å². The zero-order valence-corrected chi connectivity index (χ0v) is 16.9. The number of aryl methyl sites for hydroxylation is 1. The van der Waals surface area contributed by atoms with Gasteiger partial charge in [-0.1, -0.05) is 23.8 Å². The predicted molar refractivity (Wildman–Crippen MR) is 113 cm³/mol. The summed E-state index contributed by atoms with van der Waals surface area (Å²) in [4.78, 5) is 24.9. The van der Waals surface area contributed by atoms with E-state index in [9.17, 15) is 9.59 Å². The molecule has 6 nitrogen and oxygen atoms in total. The van der Waals surface area contributed by atoms with Crippen LogP contribution in [0.2, 0.25) is 0 Å². The summed E-state index contributed by atoms with van der Waals surface area (Å²) < 4.78 is 11.1. The van der Waals surface area contributed by atoms with E-state index in [4.69, 9.17) is 9.47 Å². The highest BCUT2D eigenvalue weighted by atomic mass is 32.1. The Balaban J connectivity index is 1.70. The molecule has 0 saturated carbocycles. The fourth-order valence-electron chi connectivity index (χ4n) is 2.43. The Bertz CT molecular complexity index is 1010. The maximum Gasteiger partial charge on any atom is 0.343 e. The van der Waals surface area contributed by atoms with Crippen molar-refractivity contribution < 1.29 is 19.1 Å². The van der Waals surface area contributed by atoms with Crippen molar-refractivity contribution in [3.8, 4) is 11.5 Å². The summed E-state index contributed by atoms with van der Waals surface area (Å²) in [5, 5.41) is 5.79. The lowest BCUT2D eigenvalue weighted by molar-refractivity contribution is 0.0728. The Hall–Kier alpha value is -3.45. The molecule has 1 amide bonds. The fraction of sp³-hybridized carbons (Fsp3) is 0.136. The van der Waals surface area contributed by atoms with E-state index in [2.05, 4.69) is 10.5 Å². The molecule has 0 aliphatic rings. The SMILES string of the molecule is CCOc1cc(/C=N\NC(=O)c2cccs2)ccc1OC(=O)c1ccc(C)cc1. The number of hydrazone groups is 1. The van der Waals surface area contributed by atoms with Gasteiger partial charge in [0.1, 0.15) is 0 Å². The van der Waals surface area contributed by atoms with Gasteiger partial charge in [-0.2, -0.15) is 5.10 Å². The summed E-state index contributed by atoms with van der Waals surface area (Å²) in [6.07, 6.45) is 1.50. The first kappa shape index (κ1) is 20.3. The quantitative estimate of drug-likeness (QED) is 0.271. The summed E-state index contributed by atoms with van der Waals surface area (Å²) >= 11 is 1.34. The molecule has 0 bridgehead atoms. The molecule has 0 radical (unpaired) electrons. The number of benzene rings is 2. The Morgan fingerprint density at radius 1 is 1.10 bits per heavy atom. The van der Waals surface area contributed by atoms with Crippen LogP contribution >= 0.6 is 11.3 Å². The number of nitrogens with one attached hydrogen (secondary N) is 1. The van der Waals surface area contributed by atoms with Crippen LogP contribution in [0.1, 0.15) is 38.1 Å². The number of hydrogen-bond acceptors (Lipinski definition) is 6. The van der Waals surface area contributed by atoms with E-state index in [0.29, 0.717) is 34.1 Å². The van der Waals surface area contributed by atoms with Crippen molar-refractivity contribution in [1.29, 1.82) is 0 Å². The highest BCUT2D eigenvalue weighted by molar-refractivity contribution is 7.12. The molecule has 3 aromatic rings. The minimum Gasteiger partial charge on any atom is -0.490 e. The topological polar surface area (TPSA) is 77.0 Å². The molecule has 0 spiro atoms. The number of rotatable bonds is 7. The molecule has 29 heavy (non-hydrogen) atoms. The molecule has 0 fully saturated rings. The van der Waals surface area contributed by atoms with Gasteiger partial charge in [-0.25, -0.2) is 10.2 Å². The molecule has 0 atom stereocenters. The second kappa shape index (κ2) is 9.66. The lowest BCUT2D eigenvalue weighted by Crippen LogP contribution is -2.16. The number of carbonyl (C=O) groups excluding carboxylic acids is 2. The summed E-state index contributed by atoms with van der Waals surface area (Å²) in [7, 11) is 0. The van der Waals surface area contributed by atoms with Crippen molar-refractivity contribution in [2.45, 2.75) is 13.8 Å². The number of amides is 1. The molecule has 148 valence electrons. The maximum atomic E-state index is 12.4. The van der Waals surface area contributed by atoms with Gasteiger partial charge >= 0.3 is 5.97 Å². The third-order valence-electron chi connectivity index (χ3n) is 3.88. The molecule has 0 unspecified atom stereocenters. The fourth-order valence-corrected chi connectivity index (χ4v) is 3.05. The van der Waals surface area contributed by atoms with Gasteiger partial charge in [0.05, 0.1) is 23.3 Å². The molecule has 0 saturated heterocycles. The first-order valence-electron chi connectivity index (χ1n) is 8.99. The van der Waals surface area contributed by atoms with Crippen LogP contribution < -0.4 is 14.9 Å². The minimum absolute atomic E-state index is 0.273. The number of nitrogens with zero attached hydrogens (tertiary/aromatic N) is 1. The van der Waals surface area contributed by atoms with Crippen LogP contribution in [-0.2, 0) is 0 Å². The largest absolute Gasteiger partial charge is 0.490 e. The van der Waals surface area contributed by atoms with E-state index in [1.807, 2.05) is 31.4 Å². The van der Waals surface area contributed by atoms with Gasteiger partial charge in [-0.15, -0.1) is 11.3 Å². The highest BCUT2D eigenvalue weighted by Crippen LogP contribution is 2.29. The van der Waals surface area contributed by atoms with Crippen molar-refractivity contribution in [2.75, 3.05) is 6.61 Å². The smallest absolute Gasteiger partial charge is 0.343 e. The van der Waals surface area contributed by atoms with Crippen molar-refractivity contribution in [2.24, 2.45) is 5.10 Å². The van der Waals surface area contributed by atoms with Crippen LogP contribution in [0.15, 0.2) is 65.1 Å². The highest BCUT2D eigenvalue weighted by Gasteiger charge is 2.13. The van der Waals surface area contributed by atoms with Gasteiger partial charge < -0.3 is 9.47 Å². The van der Waals surface area contributed by atoms with Crippen LogP contribution in [0.3, 0.4) is 0 Å². The van der Waals surface area contributed by atoms with Crippen LogP contribution in [0, 0.1) is 6.92 Å². The molecule has 1 aromatic heterocycles. The number of thiophene rings is 1. The summed E-state index contributed by atoms with van der Waals surface area (Å²) in [5.41, 5.74) is 4.68. The van der Waals surface area contributed by atoms with Crippen molar-refractivity contribution in [3.63, 3.8) is 0 Å². The lowest BCUT2D eigenvalue weighted by Gasteiger charge is -2.11. The molecule has 1 heterocycles.